The number of hydrogen-bond acceptors (Lipinski definition) is 4. The number of rotatable bonds is 4. The number of oxime groups is 1. The number of hydrogen-bond donors (Lipinski definition) is 2. The lowest BCUT2D eigenvalue weighted by atomic mass is 10.0. The second kappa shape index (κ2) is 6.95. The van der Waals surface area contributed by atoms with Crippen molar-refractivity contribution in [3.8, 4) is 0 Å². The third kappa shape index (κ3) is 3.64. The topological polar surface area (TPSA) is 71.1 Å². The number of benzene rings is 1. The summed E-state index contributed by atoms with van der Waals surface area (Å²) in [5.74, 6) is 0.644. The van der Waals surface area contributed by atoms with Crippen molar-refractivity contribution in [1.82, 2.24) is 0 Å². The quantitative estimate of drug-likeness (QED) is 0.382. The zero-order valence-electron chi connectivity index (χ0n) is 11.6. The fourth-order valence-electron chi connectivity index (χ4n) is 2.54. The first-order chi connectivity index (χ1) is 9.61. The van der Waals surface area contributed by atoms with Gasteiger partial charge in [0.2, 0.25) is 0 Å². The molecule has 1 unspecified atom stereocenters. The molecule has 3 N–H and O–H groups in total. The molecule has 1 aliphatic rings. The van der Waals surface area contributed by atoms with Crippen molar-refractivity contribution >= 4 is 27.5 Å². The minimum absolute atomic E-state index is 0.119. The molecule has 1 heterocycles. The van der Waals surface area contributed by atoms with Gasteiger partial charge in [-0.25, -0.2) is 0 Å². The molecule has 6 heteroatoms. The Hall–Kier alpha value is -1.27. The van der Waals surface area contributed by atoms with Crippen LogP contribution >= 0.6 is 15.9 Å². The van der Waals surface area contributed by atoms with Crippen LogP contribution in [0.1, 0.15) is 18.4 Å². The van der Waals surface area contributed by atoms with Crippen LogP contribution in [0.5, 0.6) is 0 Å². The highest BCUT2D eigenvalue weighted by molar-refractivity contribution is 9.10. The average molecular weight is 342 g/mol. The molecular formula is C14H20BrN3O2. The van der Waals surface area contributed by atoms with E-state index in [4.69, 9.17) is 15.7 Å². The van der Waals surface area contributed by atoms with Crippen LogP contribution in [0, 0.1) is 5.92 Å². The Bertz CT molecular complexity index is 487. The van der Waals surface area contributed by atoms with Crippen LogP contribution in [0.3, 0.4) is 0 Å². The fraction of sp³-hybridized carbons (Fsp3) is 0.500. The molecule has 0 aromatic heterocycles. The van der Waals surface area contributed by atoms with Crippen LogP contribution in [0.4, 0.5) is 5.69 Å². The fourth-order valence-corrected chi connectivity index (χ4v) is 2.90. The molecule has 0 amide bonds. The normalized spacial score (nSPS) is 19.9. The maximum atomic E-state index is 8.92. The predicted molar refractivity (Wildman–Crippen MR) is 83.5 cm³/mol. The van der Waals surface area contributed by atoms with Crippen LogP contribution < -0.4 is 10.6 Å². The van der Waals surface area contributed by atoms with Crippen LogP contribution in [-0.4, -0.2) is 37.8 Å². The number of anilines is 1. The van der Waals surface area contributed by atoms with E-state index in [1.165, 1.54) is 6.42 Å². The van der Waals surface area contributed by atoms with E-state index < -0.39 is 0 Å². The largest absolute Gasteiger partial charge is 0.409 e. The molecule has 2 rings (SSSR count). The van der Waals surface area contributed by atoms with E-state index in [0.29, 0.717) is 5.92 Å². The molecule has 1 aromatic carbocycles. The van der Waals surface area contributed by atoms with E-state index in [1.54, 1.807) is 0 Å². The molecule has 110 valence electrons. The standard InChI is InChI=1S/C14H20BrN3O2/c1-18(8-10-3-2-6-20-9-10)13-5-4-11(15)7-12(13)14(16)17-19/h4-5,7,10,19H,2-3,6,8-9H2,1H3,(H2,16,17). The maximum absolute atomic E-state index is 8.92. The lowest BCUT2D eigenvalue weighted by molar-refractivity contribution is 0.0576. The van der Waals surface area contributed by atoms with Crippen molar-refractivity contribution in [3.63, 3.8) is 0 Å². The molecule has 1 aromatic rings. The van der Waals surface area contributed by atoms with Gasteiger partial charge in [-0.1, -0.05) is 21.1 Å². The van der Waals surface area contributed by atoms with Crippen molar-refractivity contribution in [3.05, 3.63) is 28.2 Å². The number of nitrogens with two attached hydrogens (primary N) is 1. The molecule has 0 bridgehead atoms. The summed E-state index contributed by atoms with van der Waals surface area (Å²) in [4.78, 5) is 2.14. The van der Waals surface area contributed by atoms with E-state index in [2.05, 4.69) is 26.0 Å². The summed E-state index contributed by atoms with van der Waals surface area (Å²) in [6.45, 7) is 2.57. The van der Waals surface area contributed by atoms with Gasteiger partial charge in [0.1, 0.15) is 0 Å². The van der Waals surface area contributed by atoms with Gasteiger partial charge in [-0.05, 0) is 37.0 Å². The highest BCUT2D eigenvalue weighted by atomic mass is 79.9. The first kappa shape index (κ1) is 15.1. The average Bonchev–Trinajstić information content (AvgIpc) is 2.47. The third-order valence-electron chi connectivity index (χ3n) is 3.54. The van der Waals surface area contributed by atoms with Gasteiger partial charge in [-0.3, -0.25) is 0 Å². The van der Waals surface area contributed by atoms with E-state index in [-0.39, 0.29) is 5.84 Å². The van der Waals surface area contributed by atoms with Gasteiger partial charge in [0.25, 0.3) is 0 Å². The van der Waals surface area contributed by atoms with Crippen LogP contribution in [0.25, 0.3) is 0 Å². The molecule has 1 atom stereocenters. The number of ether oxygens (including phenoxy) is 1. The Kier molecular flexibility index (Phi) is 5.25. The highest BCUT2D eigenvalue weighted by Gasteiger charge is 2.18. The van der Waals surface area contributed by atoms with E-state index >= 15 is 0 Å². The summed E-state index contributed by atoms with van der Waals surface area (Å²) in [5, 5.41) is 12.0. The predicted octanol–water partition coefficient (Wildman–Crippen LogP) is 2.41. The summed E-state index contributed by atoms with van der Waals surface area (Å²) in [5.41, 5.74) is 7.44. The second-order valence-electron chi connectivity index (χ2n) is 5.11. The third-order valence-corrected chi connectivity index (χ3v) is 4.03. The first-order valence-corrected chi connectivity index (χ1v) is 7.47. The van der Waals surface area contributed by atoms with Crippen molar-refractivity contribution in [2.24, 2.45) is 16.8 Å². The van der Waals surface area contributed by atoms with Gasteiger partial charge in [0.15, 0.2) is 5.84 Å². The summed E-state index contributed by atoms with van der Waals surface area (Å²) in [6.07, 6.45) is 2.30. The Labute approximate surface area is 127 Å². The number of halogens is 1. The SMILES string of the molecule is CN(CC1CCCOC1)c1ccc(Br)cc1/C(N)=N/O. The van der Waals surface area contributed by atoms with E-state index in [0.717, 1.165) is 41.9 Å². The van der Waals surface area contributed by atoms with Crippen LogP contribution in [0.2, 0.25) is 0 Å². The van der Waals surface area contributed by atoms with E-state index in [1.807, 2.05) is 25.2 Å². The Balaban J connectivity index is 2.18. The van der Waals surface area contributed by atoms with Gasteiger partial charge in [-0.15, -0.1) is 0 Å². The smallest absolute Gasteiger partial charge is 0.172 e. The highest BCUT2D eigenvalue weighted by Crippen LogP contribution is 2.25. The lowest BCUT2D eigenvalue weighted by Gasteiger charge is -2.29. The van der Waals surface area contributed by atoms with Crippen molar-refractivity contribution in [2.75, 3.05) is 31.7 Å². The molecule has 0 radical (unpaired) electrons. The van der Waals surface area contributed by atoms with Gasteiger partial charge < -0.3 is 20.6 Å². The Morgan fingerprint density at radius 2 is 2.40 bits per heavy atom. The molecule has 1 aliphatic heterocycles. The molecule has 1 fully saturated rings. The molecule has 5 nitrogen and oxygen atoms in total. The van der Waals surface area contributed by atoms with Crippen molar-refractivity contribution in [1.29, 1.82) is 0 Å². The minimum Gasteiger partial charge on any atom is -0.409 e. The molecule has 0 saturated carbocycles. The van der Waals surface area contributed by atoms with Crippen molar-refractivity contribution < 1.29 is 9.94 Å². The lowest BCUT2D eigenvalue weighted by Crippen LogP contribution is -2.32. The van der Waals surface area contributed by atoms with Crippen molar-refractivity contribution in [2.45, 2.75) is 12.8 Å². The monoisotopic (exact) mass is 341 g/mol. The zero-order valence-corrected chi connectivity index (χ0v) is 13.1. The van der Waals surface area contributed by atoms with Gasteiger partial charge >= 0.3 is 0 Å². The zero-order chi connectivity index (χ0) is 14.5. The Morgan fingerprint density at radius 3 is 3.05 bits per heavy atom. The van der Waals surface area contributed by atoms with Gasteiger partial charge in [-0.2, -0.15) is 0 Å². The maximum Gasteiger partial charge on any atom is 0.172 e. The molecule has 0 aliphatic carbocycles. The van der Waals surface area contributed by atoms with Gasteiger partial charge in [0, 0.05) is 35.9 Å². The minimum atomic E-state index is 0.119. The number of amidine groups is 1. The molecule has 0 spiro atoms. The first-order valence-electron chi connectivity index (χ1n) is 6.68. The molecule has 20 heavy (non-hydrogen) atoms. The summed E-state index contributed by atoms with van der Waals surface area (Å²) < 4.78 is 6.41. The van der Waals surface area contributed by atoms with Crippen LogP contribution in [0.15, 0.2) is 27.8 Å². The summed E-state index contributed by atoms with van der Waals surface area (Å²) >= 11 is 3.41. The van der Waals surface area contributed by atoms with Crippen LogP contribution in [-0.2, 0) is 4.74 Å². The summed E-state index contributed by atoms with van der Waals surface area (Å²) in [6, 6.07) is 5.79. The Morgan fingerprint density at radius 1 is 1.60 bits per heavy atom. The molecular weight excluding hydrogens is 322 g/mol. The molecule has 1 saturated heterocycles. The number of nitrogens with zero attached hydrogens (tertiary/aromatic N) is 2. The second-order valence-corrected chi connectivity index (χ2v) is 6.03. The summed E-state index contributed by atoms with van der Waals surface area (Å²) in [7, 11) is 2.02. The van der Waals surface area contributed by atoms with E-state index in [9.17, 15) is 0 Å². The van der Waals surface area contributed by atoms with Gasteiger partial charge in [0.05, 0.1) is 6.61 Å².